The van der Waals surface area contributed by atoms with E-state index in [4.69, 9.17) is 5.73 Å². The van der Waals surface area contributed by atoms with Gasteiger partial charge >= 0.3 is 0 Å². The van der Waals surface area contributed by atoms with Gasteiger partial charge in [-0.1, -0.05) is 12.8 Å². The van der Waals surface area contributed by atoms with Gasteiger partial charge in [-0.2, -0.15) is 0 Å². The van der Waals surface area contributed by atoms with E-state index in [0.29, 0.717) is 6.04 Å². The highest BCUT2D eigenvalue weighted by molar-refractivity contribution is 5.07. The van der Waals surface area contributed by atoms with Crippen molar-refractivity contribution in [3.05, 3.63) is 0 Å². The molecule has 12 heavy (non-hydrogen) atoms. The summed E-state index contributed by atoms with van der Waals surface area (Å²) in [6.45, 7) is 0. The van der Waals surface area contributed by atoms with E-state index >= 15 is 0 Å². The van der Waals surface area contributed by atoms with E-state index in [-0.39, 0.29) is 5.54 Å². The monoisotopic (exact) mass is 168 g/mol. The molecule has 2 atom stereocenters. The van der Waals surface area contributed by atoms with Gasteiger partial charge in [-0.25, -0.2) is 0 Å². The first kappa shape index (κ1) is 8.52. The molecule has 2 aliphatic rings. The molecule has 0 amide bonds. The maximum Gasteiger partial charge on any atom is 0.0338 e. The number of hydrogen-bond acceptors (Lipinski definition) is 2. The molecule has 0 aromatic carbocycles. The van der Waals surface area contributed by atoms with Crippen molar-refractivity contribution in [3.8, 4) is 0 Å². The lowest BCUT2D eigenvalue weighted by molar-refractivity contribution is 0.196. The fraction of sp³-hybridized carbons (Fsp3) is 1.00. The fourth-order valence-corrected chi connectivity index (χ4v) is 2.75. The molecule has 3 N–H and O–H groups in total. The Morgan fingerprint density at radius 1 is 1.25 bits per heavy atom. The van der Waals surface area contributed by atoms with Crippen LogP contribution in [0.3, 0.4) is 0 Å². The zero-order chi connectivity index (χ0) is 8.60. The third-order valence-corrected chi connectivity index (χ3v) is 3.69. The van der Waals surface area contributed by atoms with E-state index in [1.807, 2.05) is 0 Å². The van der Waals surface area contributed by atoms with Gasteiger partial charge in [-0.05, 0) is 38.6 Å². The van der Waals surface area contributed by atoms with Gasteiger partial charge in [0.25, 0.3) is 0 Å². The van der Waals surface area contributed by atoms with Gasteiger partial charge in [0.2, 0.25) is 0 Å². The van der Waals surface area contributed by atoms with Gasteiger partial charge in [-0.3, -0.25) is 0 Å². The number of nitrogens with two attached hydrogens (primary N) is 1. The number of nitrogens with one attached hydrogen (secondary N) is 1. The summed E-state index contributed by atoms with van der Waals surface area (Å²) < 4.78 is 0. The molecule has 2 unspecified atom stereocenters. The van der Waals surface area contributed by atoms with E-state index < -0.39 is 0 Å². The Morgan fingerprint density at radius 2 is 2.00 bits per heavy atom. The van der Waals surface area contributed by atoms with Crippen molar-refractivity contribution in [3.63, 3.8) is 0 Å². The fourth-order valence-electron chi connectivity index (χ4n) is 2.75. The highest BCUT2D eigenvalue weighted by Crippen LogP contribution is 2.45. The lowest BCUT2D eigenvalue weighted by atomic mass is 9.75. The van der Waals surface area contributed by atoms with Gasteiger partial charge in [0, 0.05) is 11.6 Å². The highest BCUT2D eigenvalue weighted by Gasteiger charge is 2.47. The zero-order valence-corrected chi connectivity index (χ0v) is 7.97. The quantitative estimate of drug-likeness (QED) is 0.651. The number of likely N-dealkylation sites (N-methyl/N-ethyl adjacent to an activating group) is 1. The maximum absolute atomic E-state index is 6.46. The Labute approximate surface area is 74.9 Å². The highest BCUT2D eigenvalue weighted by atomic mass is 15.0. The molecule has 70 valence electrons. The van der Waals surface area contributed by atoms with Crippen LogP contribution in [0.15, 0.2) is 0 Å². The third-order valence-electron chi connectivity index (χ3n) is 3.69. The van der Waals surface area contributed by atoms with E-state index in [2.05, 4.69) is 12.4 Å². The average Bonchev–Trinajstić information content (AvgIpc) is 2.87. The van der Waals surface area contributed by atoms with Crippen LogP contribution in [0.2, 0.25) is 0 Å². The molecule has 0 radical (unpaired) electrons. The minimum atomic E-state index is 0.146. The summed E-state index contributed by atoms with van der Waals surface area (Å²) in [4.78, 5) is 0. The topological polar surface area (TPSA) is 38.0 Å². The van der Waals surface area contributed by atoms with Gasteiger partial charge in [0.1, 0.15) is 0 Å². The summed E-state index contributed by atoms with van der Waals surface area (Å²) in [6.07, 6.45) is 7.96. The minimum Gasteiger partial charge on any atom is -0.324 e. The second-order valence-corrected chi connectivity index (χ2v) is 4.47. The first-order chi connectivity index (χ1) is 5.77. The van der Waals surface area contributed by atoms with Crippen LogP contribution in [0.1, 0.15) is 38.5 Å². The van der Waals surface area contributed by atoms with Crippen LogP contribution < -0.4 is 11.1 Å². The molecule has 2 rings (SSSR count). The lowest BCUT2D eigenvalue weighted by Crippen LogP contribution is -2.59. The minimum absolute atomic E-state index is 0.146. The van der Waals surface area contributed by atoms with Crippen LogP contribution in [0.25, 0.3) is 0 Å². The van der Waals surface area contributed by atoms with Gasteiger partial charge < -0.3 is 11.1 Å². The Balaban J connectivity index is 2.07. The number of hydrogen-bond donors (Lipinski definition) is 2. The maximum atomic E-state index is 6.46. The van der Waals surface area contributed by atoms with Crippen LogP contribution in [-0.2, 0) is 0 Å². The molecule has 2 heteroatoms. The van der Waals surface area contributed by atoms with E-state index in [1.54, 1.807) is 0 Å². The summed E-state index contributed by atoms with van der Waals surface area (Å²) in [7, 11) is 2.06. The van der Waals surface area contributed by atoms with Crippen LogP contribution in [0.4, 0.5) is 0 Å². The van der Waals surface area contributed by atoms with Crippen LogP contribution >= 0.6 is 0 Å². The predicted octanol–water partition coefficient (Wildman–Crippen LogP) is 1.26. The molecular formula is C10H20N2. The van der Waals surface area contributed by atoms with Gasteiger partial charge in [-0.15, -0.1) is 0 Å². The third kappa shape index (κ3) is 1.27. The van der Waals surface area contributed by atoms with Gasteiger partial charge in [0.05, 0.1) is 0 Å². The Bertz CT molecular complexity index is 165. The summed E-state index contributed by atoms with van der Waals surface area (Å²) in [5.41, 5.74) is 6.60. The standard InChI is InChI=1S/C10H20N2/c1-12-9-4-2-3-7-10(9,11)8-5-6-8/h8-9,12H,2-7,11H2,1H3. The molecule has 0 aliphatic heterocycles. The Hall–Kier alpha value is -0.0800. The van der Waals surface area contributed by atoms with Crippen molar-refractivity contribution in [1.29, 1.82) is 0 Å². The molecule has 0 heterocycles. The Morgan fingerprint density at radius 3 is 2.58 bits per heavy atom. The first-order valence-corrected chi connectivity index (χ1v) is 5.23. The van der Waals surface area contributed by atoms with E-state index in [0.717, 1.165) is 5.92 Å². The van der Waals surface area contributed by atoms with Crippen LogP contribution in [0, 0.1) is 5.92 Å². The molecule has 2 nitrogen and oxygen atoms in total. The van der Waals surface area contributed by atoms with Crippen LogP contribution in [0.5, 0.6) is 0 Å². The van der Waals surface area contributed by atoms with E-state index in [9.17, 15) is 0 Å². The molecule has 2 aliphatic carbocycles. The smallest absolute Gasteiger partial charge is 0.0338 e. The van der Waals surface area contributed by atoms with Crippen LogP contribution in [-0.4, -0.2) is 18.6 Å². The van der Waals surface area contributed by atoms with Crippen molar-refractivity contribution >= 4 is 0 Å². The molecule has 0 aromatic rings. The summed E-state index contributed by atoms with van der Waals surface area (Å²) >= 11 is 0. The second-order valence-electron chi connectivity index (χ2n) is 4.47. The summed E-state index contributed by atoms with van der Waals surface area (Å²) in [5.74, 6) is 0.829. The molecule has 0 aromatic heterocycles. The second kappa shape index (κ2) is 3.00. The molecule has 0 saturated heterocycles. The van der Waals surface area contributed by atoms with Gasteiger partial charge in [0.15, 0.2) is 0 Å². The van der Waals surface area contributed by atoms with E-state index in [1.165, 1.54) is 38.5 Å². The molecule has 2 fully saturated rings. The Kier molecular flexibility index (Phi) is 2.13. The molecule has 2 saturated carbocycles. The van der Waals surface area contributed by atoms with Crippen molar-refractivity contribution in [2.45, 2.75) is 50.1 Å². The van der Waals surface area contributed by atoms with Crippen molar-refractivity contribution in [2.75, 3.05) is 7.05 Å². The largest absolute Gasteiger partial charge is 0.324 e. The molecule has 0 bridgehead atoms. The summed E-state index contributed by atoms with van der Waals surface area (Å²) in [6, 6.07) is 0.582. The average molecular weight is 168 g/mol. The zero-order valence-electron chi connectivity index (χ0n) is 7.97. The molecule has 0 spiro atoms. The first-order valence-electron chi connectivity index (χ1n) is 5.23. The summed E-state index contributed by atoms with van der Waals surface area (Å²) in [5, 5.41) is 3.39. The normalized spacial score (nSPS) is 43.0. The van der Waals surface area contributed by atoms with Crippen molar-refractivity contribution < 1.29 is 0 Å². The molecular weight excluding hydrogens is 148 g/mol. The van der Waals surface area contributed by atoms with Crippen molar-refractivity contribution in [2.24, 2.45) is 11.7 Å². The van der Waals surface area contributed by atoms with Crippen molar-refractivity contribution in [1.82, 2.24) is 5.32 Å². The SMILES string of the molecule is CNC1CCCCC1(N)C1CC1. The number of rotatable bonds is 2. The lowest BCUT2D eigenvalue weighted by Gasteiger charge is -2.41. The predicted molar refractivity (Wildman–Crippen MR) is 51.0 cm³/mol.